The number of alkyl halides is 2. The number of nitrogens with one attached hydrogen (secondary N) is 1. The Morgan fingerprint density at radius 1 is 0.984 bits per heavy atom. The van der Waals surface area contributed by atoms with E-state index in [1.54, 1.807) is 25.2 Å². The van der Waals surface area contributed by atoms with Gasteiger partial charge in [-0.25, -0.2) is 18.4 Å². The monoisotopic (exact) mass is 874 g/mol. The summed E-state index contributed by atoms with van der Waals surface area (Å²) in [5.41, 5.74) is -2.34. The summed E-state index contributed by atoms with van der Waals surface area (Å²) in [6, 6.07) is 7.43. The van der Waals surface area contributed by atoms with Crippen LogP contribution < -0.4 is 9.64 Å². The molecule has 10 atom stereocenters. The van der Waals surface area contributed by atoms with Crippen molar-refractivity contribution in [3.63, 3.8) is 0 Å². The number of aliphatic hydroxyl groups is 1. The summed E-state index contributed by atoms with van der Waals surface area (Å²) in [5, 5.41) is 14.0. The van der Waals surface area contributed by atoms with Crippen molar-refractivity contribution in [2.24, 2.45) is 17.3 Å². The highest BCUT2D eigenvalue weighted by molar-refractivity contribution is 5.99. The Balaban J connectivity index is 1.36. The van der Waals surface area contributed by atoms with Gasteiger partial charge in [-0.3, -0.25) is 19.4 Å². The molecule has 0 radical (unpaired) electrons. The van der Waals surface area contributed by atoms with E-state index in [0.29, 0.717) is 71.6 Å². The molecule has 1 spiro atoms. The minimum Gasteiger partial charge on any atom is -0.496 e. The Hall–Kier alpha value is -5.06. The zero-order valence-electron chi connectivity index (χ0n) is 37.0. The summed E-state index contributed by atoms with van der Waals surface area (Å²) in [6.07, 6.45) is 3.72. The normalized spacial score (nSPS) is 34.2. The molecular weight excluding hydrogens is 819 g/mol. The van der Waals surface area contributed by atoms with Crippen LogP contribution in [0.25, 0.3) is 10.9 Å². The summed E-state index contributed by atoms with van der Waals surface area (Å²) in [5.74, 6) is -6.92. The van der Waals surface area contributed by atoms with Gasteiger partial charge in [0.2, 0.25) is 11.5 Å². The highest BCUT2D eigenvalue weighted by Crippen LogP contribution is 2.68. The maximum absolute atomic E-state index is 15.5. The van der Waals surface area contributed by atoms with Gasteiger partial charge in [0.25, 0.3) is 0 Å². The van der Waals surface area contributed by atoms with Crippen LogP contribution in [0.1, 0.15) is 79.2 Å². The van der Waals surface area contributed by atoms with E-state index in [-0.39, 0.29) is 31.5 Å². The van der Waals surface area contributed by atoms with Gasteiger partial charge in [-0.1, -0.05) is 19.1 Å². The van der Waals surface area contributed by atoms with Crippen molar-refractivity contribution in [3.8, 4) is 5.75 Å². The number of aromatic nitrogens is 1. The number of fused-ring (bicyclic) bond motifs is 6. The molecule has 338 valence electrons. The van der Waals surface area contributed by atoms with Crippen LogP contribution in [0.2, 0.25) is 0 Å². The van der Waals surface area contributed by atoms with Gasteiger partial charge in [0.15, 0.2) is 6.10 Å². The number of likely N-dealkylation sites (N-methyl/N-ethyl adjacent to an activating group) is 1. The van der Waals surface area contributed by atoms with Crippen molar-refractivity contribution in [1.29, 1.82) is 0 Å². The van der Waals surface area contributed by atoms with Gasteiger partial charge < -0.3 is 38.7 Å². The lowest BCUT2D eigenvalue weighted by Gasteiger charge is -2.63. The first-order valence-corrected chi connectivity index (χ1v) is 21.7. The third kappa shape index (κ3) is 5.75. The number of hydrogen-bond acceptors (Lipinski definition) is 13. The fourth-order valence-electron chi connectivity index (χ4n) is 13.5. The standard InChI is InChI=1S/C47H56F2N4O10/c1-9-44-13-10-15-53-16-14-45(38(44)53)31-19-32(35(59-5)20-34(31)51(4)39(45)47(58,42(57)62-8)40(44)63-25(2)54)46(41(56)61-7)21-26-17-28(43(3,48)49)23-52(22-26)24-30-29-18-27(37(55)60-6)11-12-33(29)50-36(30)46/h10-13,18-20,26,28,38-40,50,58H,9,14-17,21-24H2,1-8H3/t26-,28?,38+,39-,40-,44-,45-,46+,47+/m1/s1. The molecule has 2 N–H and O–H groups in total. The number of carbonyl (C=O) groups is 4. The molecule has 2 bridgehead atoms. The fraction of sp³-hybridized carbons (Fsp3) is 0.574. The molecule has 5 aliphatic heterocycles. The number of methoxy groups -OCH3 is 4. The van der Waals surface area contributed by atoms with Crippen LogP contribution in [0, 0.1) is 17.3 Å². The Labute approximate surface area is 364 Å². The minimum absolute atomic E-state index is 0.0612. The molecule has 63 heavy (non-hydrogen) atoms. The molecular formula is C47H56F2N4O10. The third-order valence-corrected chi connectivity index (χ3v) is 15.8. The van der Waals surface area contributed by atoms with E-state index in [0.717, 1.165) is 12.5 Å². The molecule has 9 rings (SSSR count). The van der Waals surface area contributed by atoms with Gasteiger partial charge in [-0.15, -0.1) is 0 Å². The highest BCUT2D eigenvalue weighted by Gasteiger charge is 2.80. The van der Waals surface area contributed by atoms with Crippen LogP contribution in [-0.2, 0) is 50.7 Å². The summed E-state index contributed by atoms with van der Waals surface area (Å²) < 4.78 is 59.7. The van der Waals surface area contributed by atoms with Crippen LogP contribution >= 0.6 is 0 Å². The van der Waals surface area contributed by atoms with Crippen LogP contribution in [0.3, 0.4) is 0 Å². The predicted octanol–water partition coefficient (Wildman–Crippen LogP) is 4.87. The van der Waals surface area contributed by atoms with Crippen molar-refractivity contribution in [1.82, 2.24) is 14.8 Å². The van der Waals surface area contributed by atoms with Crippen LogP contribution in [0.4, 0.5) is 14.5 Å². The van der Waals surface area contributed by atoms with Gasteiger partial charge in [0.05, 0.1) is 40.0 Å². The van der Waals surface area contributed by atoms with Gasteiger partial charge in [-0.05, 0) is 80.5 Å². The van der Waals surface area contributed by atoms with Crippen molar-refractivity contribution in [2.45, 2.75) is 93.5 Å². The third-order valence-electron chi connectivity index (χ3n) is 15.8. The average Bonchev–Trinajstić information content (AvgIpc) is 3.91. The largest absolute Gasteiger partial charge is 0.496 e. The summed E-state index contributed by atoms with van der Waals surface area (Å²) in [4.78, 5) is 65.4. The number of halogens is 2. The molecule has 2 unspecified atom stereocenters. The van der Waals surface area contributed by atoms with E-state index in [1.807, 2.05) is 41.0 Å². The molecule has 2 aromatic carbocycles. The Morgan fingerprint density at radius 2 is 1.73 bits per heavy atom. The van der Waals surface area contributed by atoms with Crippen LogP contribution in [-0.4, -0.2) is 135 Å². The number of H-pyrrole nitrogens is 1. The van der Waals surface area contributed by atoms with Gasteiger partial charge in [-0.2, -0.15) is 0 Å². The number of rotatable bonds is 8. The minimum atomic E-state index is -3.01. The lowest BCUT2D eigenvalue weighted by molar-refractivity contribution is -0.228. The number of esters is 4. The molecule has 0 amide bonds. The Kier molecular flexibility index (Phi) is 10.1. The van der Waals surface area contributed by atoms with Crippen molar-refractivity contribution in [2.75, 3.05) is 66.6 Å². The Bertz CT molecular complexity index is 2450. The first-order valence-electron chi connectivity index (χ1n) is 21.7. The summed E-state index contributed by atoms with van der Waals surface area (Å²) in [7, 11) is 7.10. The maximum Gasteiger partial charge on any atom is 0.344 e. The van der Waals surface area contributed by atoms with E-state index in [1.165, 1.54) is 35.4 Å². The molecule has 6 heterocycles. The summed E-state index contributed by atoms with van der Waals surface area (Å²) >= 11 is 0. The van der Waals surface area contributed by atoms with Gasteiger partial charge in [0.1, 0.15) is 11.2 Å². The van der Waals surface area contributed by atoms with Gasteiger partial charge in [0, 0.05) is 96.9 Å². The van der Waals surface area contributed by atoms with E-state index < -0.39 is 81.7 Å². The SMILES string of the molecule is CC[C@]12C=CCN3CC[C@@]4(c5cc([C@@]6(C(=O)OC)C[C@H]7CC(C(C)(F)F)CN(Cc8c6[nH]c6ccc(C(=O)OC)cc86)C7)c(OC)cc5N(C)[C@H]4[C@@](O)(C(=O)OC)[C@@H]1OC(C)=O)[C@@H]32. The number of anilines is 1. The molecule has 1 saturated carbocycles. The molecule has 2 saturated heterocycles. The van der Waals surface area contributed by atoms with E-state index >= 15 is 13.6 Å². The van der Waals surface area contributed by atoms with E-state index in [2.05, 4.69) is 9.88 Å². The number of hydrogen-bond donors (Lipinski definition) is 2. The fourth-order valence-corrected chi connectivity index (χ4v) is 13.5. The molecule has 3 fully saturated rings. The van der Waals surface area contributed by atoms with Crippen molar-refractivity contribution < 1.29 is 56.7 Å². The molecule has 3 aromatic rings. The number of carbonyl (C=O) groups excluding carboxylic acids is 4. The first-order chi connectivity index (χ1) is 29.9. The van der Waals surface area contributed by atoms with Crippen molar-refractivity contribution >= 4 is 40.5 Å². The van der Waals surface area contributed by atoms with Crippen LogP contribution in [0.5, 0.6) is 5.75 Å². The molecule has 1 aliphatic carbocycles. The molecule has 1 aromatic heterocycles. The van der Waals surface area contributed by atoms with E-state index in [9.17, 15) is 19.5 Å². The smallest absolute Gasteiger partial charge is 0.344 e. The summed E-state index contributed by atoms with van der Waals surface area (Å²) in [6.45, 7) is 6.06. The van der Waals surface area contributed by atoms with Gasteiger partial charge >= 0.3 is 23.9 Å². The molecule has 14 nitrogen and oxygen atoms in total. The van der Waals surface area contributed by atoms with Crippen molar-refractivity contribution in [3.05, 3.63) is 70.4 Å². The first kappa shape index (κ1) is 43.2. The van der Waals surface area contributed by atoms with E-state index in [4.69, 9.17) is 23.7 Å². The second-order valence-electron chi connectivity index (χ2n) is 18.7. The zero-order chi connectivity index (χ0) is 45.2. The number of aromatic amines is 1. The number of piperidine rings is 1. The lowest BCUT2D eigenvalue weighted by atomic mass is 9.47. The Morgan fingerprint density at radius 3 is 2.38 bits per heavy atom. The average molecular weight is 875 g/mol. The topological polar surface area (TPSA) is 160 Å². The second-order valence-corrected chi connectivity index (χ2v) is 18.7. The quantitative estimate of drug-likeness (QED) is 0.180. The number of benzene rings is 2. The maximum atomic E-state index is 15.5. The molecule has 16 heteroatoms. The number of nitrogens with zero attached hydrogens (tertiary/aromatic N) is 3. The lowest BCUT2D eigenvalue weighted by Crippen LogP contribution is -2.81. The predicted molar refractivity (Wildman–Crippen MR) is 226 cm³/mol. The number of ether oxygens (including phenoxy) is 5. The molecule has 6 aliphatic rings. The van der Waals surface area contributed by atoms with Crippen LogP contribution in [0.15, 0.2) is 42.5 Å². The highest BCUT2D eigenvalue weighted by atomic mass is 19.3. The zero-order valence-corrected chi connectivity index (χ0v) is 37.0. The second kappa shape index (κ2) is 14.7.